The minimum absolute atomic E-state index is 0.0644. The van der Waals surface area contributed by atoms with Gasteiger partial charge in [0.05, 0.1) is 17.6 Å². The molecule has 3 aromatic rings. The molecule has 0 bridgehead atoms. The number of hydrogen-bond acceptors (Lipinski definition) is 3. The lowest BCUT2D eigenvalue weighted by Gasteiger charge is -2.11. The molecule has 0 aliphatic rings. The normalized spacial score (nSPS) is 10.9. The van der Waals surface area contributed by atoms with Crippen LogP contribution in [0.3, 0.4) is 0 Å². The lowest BCUT2D eigenvalue weighted by molar-refractivity contribution is -0.117. The smallest absolute Gasteiger partial charge is 0.246 e. The van der Waals surface area contributed by atoms with Gasteiger partial charge in [0.1, 0.15) is 18.2 Å². The number of nitrogens with one attached hydrogen (secondary N) is 1. The first-order chi connectivity index (χ1) is 14.5. The van der Waals surface area contributed by atoms with Crippen LogP contribution in [-0.2, 0) is 17.8 Å². The molecule has 2 aromatic carbocycles. The van der Waals surface area contributed by atoms with E-state index in [1.165, 1.54) is 5.56 Å². The number of amides is 1. The van der Waals surface area contributed by atoms with Gasteiger partial charge in [-0.1, -0.05) is 37.3 Å². The Morgan fingerprint density at radius 3 is 2.77 bits per heavy atom. The SMILES string of the molecule is C=C(C)C(=O)NCCCCCc1nc2ccccc2n1CCOc1cccc(C)c1. The van der Waals surface area contributed by atoms with Crippen LogP contribution in [-0.4, -0.2) is 28.6 Å². The van der Waals surface area contributed by atoms with Gasteiger partial charge in [-0.25, -0.2) is 4.98 Å². The maximum Gasteiger partial charge on any atom is 0.246 e. The first kappa shape index (κ1) is 21.6. The van der Waals surface area contributed by atoms with Gasteiger partial charge in [0.2, 0.25) is 5.91 Å². The van der Waals surface area contributed by atoms with E-state index in [4.69, 9.17) is 9.72 Å². The van der Waals surface area contributed by atoms with Gasteiger partial charge in [0, 0.05) is 18.5 Å². The first-order valence-electron chi connectivity index (χ1n) is 10.6. The summed E-state index contributed by atoms with van der Waals surface area (Å²) in [5.41, 5.74) is 3.92. The number of ether oxygens (including phenoxy) is 1. The maximum absolute atomic E-state index is 11.5. The van der Waals surface area contributed by atoms with Crippen LogP contribution in [0.25, 0.3) is 11.0 Å². The van der Waals surface area contributed by atoms with Gasteiger partial charge in [-0.05, 0) is 56.5 Å². The Hall–Kier alpha value is -3.08. The van der Waals surface area contributed by atoms with Crippen LogP contribution in [0.2, 0.25) is 0 Å². The summed E-state index contributed by atoms with van der Waals surface area (Å²) < 4.78 is 8.24. The summed E-state index contributed by atoms with van der Waals surface area (Å²) in [6.45, 7) is 9.50. The van der Waals surface area contributed by atoms with Crippen LogP contribution < -0.4 is 10.1 Å². The molecule has 0 saturated carbocycles. The molecule has 0 aliphatic heterocycles. The van der Waals surface area contributed by atoms with E-state index in [0.717, 1.165) is 54.8 Å². The van der Waals surface area contributed by atoms with Crippen molar-refractivity contribution < 1.29 is 9.53 Å². The molecule has 30 heavy (non-hydrogen) atoms. The molecule has 0 spiro atoms. The Bertz CT molecular complexity index is 1010. The number of para-hydroxylation sites is 2. The van der Waals surface area contributed by atoms with Crippen molar-refractivity contribution in [2.45, 2.75) is 46.1 Å². The van der Waals surface area contributed by atoms with Crippen molar-refractivity contribution in [3.8, 4) is 5.75 Å². The third-order valence-electron chi connectivity index (χ3n) is 5.06. The van der Waals surface area contributed by atoms with Crippen LogP contribution in [0.15, 0.2) is 60.7 Å². The van der Waals surface area contributed by atoms with E-state index in [-0.39, 0.29) is 5.91 Å². The predicted molar refractivity (Wildman–Crippen MR) is 122 cm³/mol. The summed E-state index contributed by atoms with van der Waals surface area (Å²) in [5, 5.41) is 2.89. The summed E-state index contributed by atoms with van der Waals surface area (Å²) in [6, 6.07) is 16.4. The Morgan fingerprint density at radius 1 is 1.13 bits per heavy atom. The number of unbranched alkanes of at least 4 members (excludes halogenated alkanes) is 2. The molecule has 1 aromatic heterocycles. The third-order valence-corrected chi connectivity index (χ3v) is 5.06. The number of benzene rings is 2. The molecule has 0 atom stereocenters. The van der Waals surface area contributed by atoms with Crippen molar-refractivity contribution in [1.82, 2.24) is 14.9 Å². The van der Waals surface area contributed by atoms with Crippen LogP contribution in [0.4, 0.5) is 0 Å². The largest absolute Gasteiger partial charge is 0.492 e. The van der Waals surface area contributed by atoms with Gasteiger partial charge in [-0.15, -0.1) is 0 Å². The molecule has 0 fully saturated rings. The van der Waals surface area contributed by atoms with E-state index in [0.29, 0.717) is 18.7 Å². The molecule has 3 rings (SSSR count). The summed E-state index contributed by atoms with van der Waals surface area (Å²) in [5.74, 6) is 1.93. The van der Waals surface area contributed by atoms with E-state index >= 15 is 0 Å². The molecule has 0 aliphatic carbocycles. The van der Waals surface area contributed by atoms with Crippen molar-refractivity contribution in [3.63, 3.8) is 0 Å². The van der Waals surface area contributed by atoms with Gasteiger partial charge in [0.15, 0.2) is 0 Å². The molecular formula is C25H31N3O2. The van der Waals surface area contributed by atoms with Gasteiger partial charge in [-0.3, -0.25) is 4.79 Å². The molecule has 0 unspecified atom stereocenters. The summed E-state index contributed by atoms with van der Waals surface area (Å²) >= 11 is 0. The zero-order valence-electron chi connectivity index (χ0n) is 18.0. The van der Waals surface area contributed by atoms with Crippen LogP contribution in [0, 0.1) is 6.92 Å². The first-order valence-corrected chi connectivity index (χ1v) is 10.6. The van der Waals surface area contributed by atoms with Gasteiger partial charge in [0.25, 0.3) is 0 Å². The van der Waals surface area contributed by atoms with Crippen molar-refractivity contribution in [2.75, 3.05) is 13.2 Å². The van der Waals surface area contributed by atoms with Gasteiger partial charge in [-0.2, -0.15) is 0 Å². The highest BCUT2D eigenvalue weighted by molar-refractivity contribution is 5.92. The quantitative estimate of drug-likeness (QED) is 0.367. The van der Waals surface area contributed by atoms with Gasteiger partial charge < -0.3 is 14.6 Å². The summed E-state index contributed by atoms with van der Waals surface area (Å²) in [4.78, 5) is 16.4. The number of carbonyl (C=O) groups is 1. The lowest BCUT2D eigenvalue weighted by atomic mass is 10.2. The van der Waals surface area contributed by atoms with E-state index in [9.17, 15) is 4.79 Å². The fraction of sp³-hybridized carbons (Fsp3) is 0.360. The number of rotatable bonds is 11. The second-order valence-corrected chi connectivity index (χ2v) is 7.68. The summed E-state index contributed by atoms with van der Waals surface area (Å²) in [7, 11) is 0. The van der Waals surface area contributed by atoms with E-state index in [2.05, 4.69) is 53.7 Å². The Morgan fingerprint density at radius 2 is 1.97 bits per heavy atom. The predicted octanol–water partition coefficient (Wildman–Crippen LogP) is 4.83. The standard InChI is InChI=1S/C25H31N3O2/c1-19(2)25(29)26-15-8-4-5-14-24-27-22-12-6-7-13-23(22)28(24)16-17-30-21-11-9-10-20(3)18-21/h6-7,9-13,18H,1,4-5,8,14-17H2,2-3H3,(H,26,29). The minimum Gasteiger partial charge on any atom is -0.492 e. The minimum atomic E-state index is -0.0644. The number of aromatic nitrogens is 2. The van der Waals surface area contributed by atoms with Crippen LogP contribution >= 0.6 is 0 Å². The maximum atomic E-state index is 11.5. The van der Waals surface area contributed by atoms with E-state index in [1.807, 2.05) is 18.2 Å². The van der Waals surface area contributed by atoms with Crippen molar-refractivity contribution in [2.24, 2.45) is 0 Å². The number of fused-ring (bicyclic) bond motifs is 1. The Kier molecular flexibility index (Phi) is 7.66. The Labute approximate surface area is 178 Å². The highest BCUT2D eigenvalue weighted by atomic mass is 16.5. The average molecular weight is 406 g/mol. The number of nitrogens with zero attached hydrogens (tertiary/aromatic N) is 2. The molecule has 0 saturated heterocycles. The zero-order chi connectivity index (χ0) is 21.3. The molecule has 1 amide bonds. The average Bonchev–Trinajstić information content (AvgIpc) is 3.08. The number of carbonyl (C=O) groups excluding carboxylic acids is 1. The van der Waals surface area contributed by atoms with Gasteiger partial charge >= 0.3 is 0 Å². The van der Waals surface area contributed by atoms with Crippen molar-refractivity contribution >= 4 is 16.9 Å². The third kappa shape index (κ3) is 5.96. The second kappa shape index (κ2) is 10.6. The van der Waals surface area contributed by atoms with E-state index < -0.39 is 0 Å². The highest BCUT2D eigenvalue weighted by Gasteiger charge is 2.10. The van der Waals surface area contributed by atoms with Crippen LogP contribution in [0.5, 0.6) is 5.75 Å². The van der Waals surface area contributed by atoms with Crippen LogP contribution in [0.1, 0.15) is 37.6 Å². The molecule has 5 heteroatoms. The number of imidazole rings is 1. The second-order valence-electron chi connectivity index (χ2n) is 7.68. The van der Waals surface area contributed by atoms with Crippen molar-refractivity contribution in [1.29, 1.82) is 0 Å². The number of aryl methyl sites for hydroxylation is 2. The monoisotopic (exact) mass is 405 g/mol. The van der Waals surface area contributed by atoms with Crippen molar-refractivity contribution in [3.05, 3.63) is 72.1 Å². The topological polar surface area (TPSA) is 56.2 Å². The fourth-order valence-corrected chi connectivity index (χ4v) is 3.46. The number of hydrogen-bond donors (Lipinski definition) is 1. The Balaban J connectivity index is 1.55. The zero-order valence-corrected chi connectivity index (χ0v) is 18.0. The van der Waals surface area contributed by atoms with E-state index in [1.54, 1.807) is 6.92 Å². The molecule has 0 radical (unpaired) electrons. The molecule has 158 valence electrons. The molecule has 1 N–H and O–H groups in total. The molecular weight excluding hydrogens is 374 g/mol. The fourth-order valence-electron chi connectivity index (χ4n) is 3.46. The molecule has 5 nitrogen and oxygen atoms in total. The highest BCUT2D eigenvalue weighted by Crippen LogP contribution is 2.19. The molecule has 1 heterocycles. The lowest BCUT2D eigenvalue weighted by Crippen LogP contribution is -2.24. The summed E-state index contributed by atoms with van der Waals surface area (Å²) in [6.07, 6.45) is 3.94.